The number of amides is 1. The summed E-state index contributed by atoms with van der Waals surface area (Å²) in [5, 5.41) is 3.12. The minimum atomic E-state index is -0.0978. The molecule has 0 fully saturated rings. The van der Waals surface area contributed by atoms with Crippen LogP contribution in [0.15, 0.2) is 22.9 Å². The maximum Gasteiger partial charge on any atom is 0.253 e. The Hall–Kier alpha value is -0.900. The fourth-order valence-corrected chi connectivity index (χ4v) is 2.23. The summed E-state index contributed by atoms with van der Waals surface area (Å²) in [6.07, 6.45) is 6.07. The molecule has 4 heteroatoms. The normalized spacial score (nSPS) is 11.3. The SMILES string of the molecule is CCC(CC)(CC)NC(=O)c1cncc(Br)c1. The van der Waals surface area contributed by atoms with Crippen LogP contribution in [0.25, 0.3) is 0 Å². The molecule has 17 heavy (non-hydrogen) atoms. The highest BCUT2D eigenvalue weighted by molar-refractivity contribution is 9.10. The van der Waals surface area contributed by atoms with Gasteiger partial charge >= 0.3 is 0 Å². The van der Waals surface area contributed by atoms with Gasteiger partial charge in [0.15, 0.2) is 0 Å². The Labute approximate surface area is 111 Å². The van der Waals surface area contributed by atoms with Gasteiger partial charge in [-0.15, -0.1) is 0 Å². The zero-order valence-electron chi connectivity index (χ0n) is 10.6. The largest absolute Gasteiger partial charge is 0.347 e. The third kappa shape index (κ3) is 3.53. The van der Waals surface area contributed by atoms with E-state index in [0.29, 0.717) is 5.56 Å². The molecule has 0 bridgehead atoms. The molecule has 0 spiro atoms. The van der Waals surface area contributed by atoms with Crippen LogP contribution in [-0.4, -0.2) is 16.4 Å². The van der Waals surface area contributed by atoms with Crippen molar-refractivity contribution in [2.24, 2.45) is 0 Å². The van der Waals surface area contributed by atoms with Gasteiger partial charge in [-0.1, -0.05) is 20.8 Å². The molecule has 0 aliphatic carbocycles. The molecule has 94 valence electrons. The Kier molecular flexibility index (Phi) is 5.12. The third-order valence-electron chi connectivity index (χ3n) is 3.38. The van der Waals surface area contributed by atoms with Crippen molar-refractivity contribution >= 4 is 21.8 Å². The maximum absolute atomic E-state index is 12.1. The number of nitrogens with zero attached hydrogens (tertiary/aromatic N) is 1. The predicted molar refractivity (Wildman–Crippen MR) is 73.0 cm³/mol. The van der Waals surface area contributed by atoms with Crippen molar-refractivity contribution in [3.05, 3.63) is 28.5 Å². The van der Waals surface area contributed by atoms with Crippen molar-refractivity contribution < 1.29 is 4.79 Å². The molecule has 0 saturated heterocycles. The first kappa shape index (κ1) is 14.2. The minimum absolute atomic E-state index is 0.0515. The highest BCUT2D eigenvalue weighted by atomic mass is 79.9. The molecule has 1 aromatic heterocycles. The van der Waals surface area contributed by atoms with E-state index in [0.717, 1.165) is 23.7 Å². The average molecular weight is 299 g/mol. The van der Waals surface area contributed by atoms with Gasteiger partial charge in [-0.2, -0.15) is 0 Å². The van der Waals surface area contributed by atoms with Crippen LogP contribution in [0.5, 0.6) is 0 Å². The zero-order chi connectivity index (χ0) is 12.9. The summed E-state index contributed by atoms with van der Waals surface area (Å²) in [7, 11) is 0. The molecule has 0 saturated carbocycles. The van der Waals surface area contributed by atoms with Crippen LogP contribution in [0, 0.1) is 0 Å². The van der Waals surface area contributed by atoms with E-state index in [1.54, 1.807) is 18.5 Å². The average Bonchev–Trinajstić information content (AvgIpc) is 2.36. The van der Waals surface area contributed by atoms with E-state index in [2.05, 4.69) is 47.0 Å². The smallest absolute Gasteiger partial charge is 0.253 e. The van der Waals surface area contributed by atoms with Crippen molar-refractivity contribution in [1.82, 2.24) is 10.3 Å². The Morgan fingerprint density at radius 3 is 2.35 bits per heavy atom. The number of hydrogen-bond donors (Lipinski definition) is 1. The lowest BCUT2D eigenvalue weighted by atomic mass is 9.89. The molecule has 0 unspecified atom stereocenters. The first-order chi connectivity index (χ1) is 8.06. The fraction of sp³-hybridized carbons (Fsp3) is 0.538. The molecule has 0 radical (unpaired) electrons. The number of hydrogen-bond acceptors (Lipinski definition) is 2. The summed E-state index contributed by atoms with van der Waals surface area (Å²) in [5.41, 5.74) is 0.499. The van der Waals surface area contributed by atoms with Crippen molar-refractivity contribution in [2.45, 2.75) is 45.6 Å². The molecule has 1 heterocycles. The standard InChI is InChI=1S/C13H19BrN2O/c1-4-13(5-2,6-3)16-12(17)10-7-11(14)9-15-8-10/h7-9H,4-6H2,1-3H3,(H,16,17). The van der Waals surface area contributed by atoms with E-state index in [4.69, 9.17) is 0 Å². The van der Waals surface area contributed by atoms with Crippen LogP contribution in [0.1, 0.15) is 50.4 Å². The van der Waals surface area contributed by atoms with Crippen LogP contribution < -0.4 is 5.32 Å². The van der Waals surface area contributed by atoms with Crippen LogP contribution in [0.4, 0.5) is 0 Å². The summed E-state index contributed by atoms with van der Waals surface area (Å²) >= 11 is 3.32. The van der Waals surface area contributed by atoms with E-state index in [1.807, 2.05) is 0 Å². The quantitative estimate of drug-likeness (QED) is 0.903. The van der Waals surface area contributed by atoms with Crippen LogP contribution in [0.2, 0.25) is 0 Å². The minimum Gasteiger partial charge on any atom is -0.347 e. The van der Waals surface area contributed by atoms with Gasteiger partial charge in [0.1, 0.15) is 0 Å². The molecule has 1 rings (SSSR count). The first-order valence-electron chi connectivity index (χ1n) is 6.00. The van der Waals surface area contributed by atoms with Crippen molar-refractivity contribution in [1.29, 1.82) is 0 Å². The number of aromatic nitrogens is 1. The summed E-state index contributed by atoms with van der Waals surface area (Å²) in [6.45, 7) is 6.31. The number of halogens is 1. The van der Waals surface area contributed by atoms with Crippen LogP contribution in [0.3, 0.4) is 0 Å². The topological polar surface area (TPSA) is 42.0 Å². The molecular formula is C13H19BrN2O. The molecular weight excluding hydrogens is 280 g/mol. The number of rotatable bonds is 5. The second kappa shape index (κ2) is 6.15. The summed E-state index contributed by atoms with van der Waals surface area (Å²) < 4.78 is 0.820. The first-order valence-corrected chi connectivity index (χ1v) is 6.79. The summed E-state index contributed by atoms with van der Waals surface area (Å²) in [4.78, 5) is 16.1. The van der Waals surface area contributed by atoms with E-state index in [-0.39, 0.29) is 11.4 Å². The Balaban J connectivity index is 2.84. The fourth-order valence-electron chi connectivity index (χ4n) is 1.86. The van der Waals surface area contributed by atoms with Gasteiger partial charge in [-0.3, -0.25) is 9.78 Å². The Morgan fingerprint density at radius 1 is 1.29 bits per heavy atom. The summed E-state index contributed by atoms with van der Waals surface area (Å²) in [6, 6.07) is 1.79. The molecule has 1 N–H and O–H groups in total. The van der Waals surface area contributed by atoms with Gasteiger partial charge in [-0.25, -0.2) is 0 Å². The second-order valence-electron chi connectivity index (χ2n) is 4.19. The van der Waals surface area contributed by atoms with Crippen molar-refractivity contribution in [3.63, 3.8) is 0 Å². The lowest BCUT2D eigenvalue weighted by molar-refractivity contribution is 0.0888. The molecule has 1 amide bonds. The number of nitrogens with one attached hydrogen (secondary N) is 1. The maximum atomic E-state index is 12.1. The van der Waals surface area contributed by atoms with Gasteiger partial charge in [-0.05, 0) is 41.3 Å². The van der Waals surface area contributed by atoms with E-state index < -0.39 is 0 Å². The number of carbonyl (C=O) groups is 1. The van der Waals surface area contributed by atoms with Gasteiger partial charge in [0.05, 0.1) is 5.56 Å². The lowest BCUT2D eigenvalue weighted by Crippen LogP contribution is -2.47. The highest BCUT2D eigenvalue weighted by Crippen LogP contribution is 2.20. The van der Waals surface area contributed by atoms with Crippen LogP contribution in [-0.2, 0) is 0 Å². The van der Waals surface area contributed by atoms with Gasteiger partial charge in [0.2, 0.25) is 0 Å². The van der Waals surface area contributed by atoms with Gasteiger partial charge < -0.3 is 5.32 Å². The van der Waals surface area contributed by atoms with Crippen molar-refractivity contribution in [2.75, 3.05) is 0 Å². The van der Waals surface area contributed by atoms with Gasteiger partial charge in [0, 0.05) is 22.4 Å². The monoisotopic (exact) mass is 298 g/mol. The molecule has 0 aromatic carbocycles. The molecule has 1 aromatic rings. The Morgan fingerprint density at radius 2 is 1.88 bits per heavy atom. The highest BCUT2D eigenvalue weighted by Gasteiger charge is 2.26. The van der Waals surface area contributed by atoms with E-state index in [9.17, 15) is 4.79 Å². The predicted octanol–water partition coefficient (Wildman–Crippen LogP) is 3.54. The molecule has 0 aliphatic heterocycles. The van der Waals surface area contributed by atoms with Crippen molar-refractivity contribution in [3.8, 4) is 0 Å². The molecule has 0 atom stereocenters. The number of pyridine rings is 1. The molecule has 3 nitrogen and oxygen atoms in total. The van der Waals surface area contributed by atoms with Gasteiger partial charge in [0.25, 0.3) is 5.91 Å². The summed E-state index contributed by atoms with van der Waals surface area (Å²) in [5.74, 6) is -0.0515. The van der Waals surface area contributed by atoms with Crippen LogP contribution >= 0.6 is 15.9 Å². The zero-order valence-corrected chi connectivity index (χ0v) is 12.2. The number of carbonyl (C=O) groups excluding carboxylic acids is 1. The lowest BCUT2D eigenvalue weighted by Gasteiger charge is -2.31. The third-order valence-corrected chi connectivity index (χ3v) is 3.81. The molecule has 0 aliphatic rings. The van der Waals surface area contributed by atoms with E-state index in [1.165, 1.54) is 0 Å². The second-order valence-corrected chi connectivity index (χ2v) is 5.10. The Bertz CT molecular complexity index is 380. The van der Waals surface area contributed by atoms with E-state index >= 15 is 0 Å².